The highest BCUT2D eigenvalue weighted by Gasteiger charge is 2.07. The summed E-state index contributed by atoms with van der Waals surface area (Å²) in [7, 11) is -0.352. The van der Waals surface area contributed by atoms with E-state index in [0.717, 1.165) is 51.9 Å². The van der Waals surface area contributed by atoms with Crippen molar-refractivity contribution in [1.29, 1.82) is 0 Å². The maximum Gasteiger partial charge on any atom is 0.134 e. The smallest absolute Gasteiger partial charge is 0.134 e. The largest absolute Gasteiger partial charge is 0.502 e. The van der Waals surface area contributed by atoms with E-state index in [1.54, 1.807) is 0 Å². The molecule has 108 valence electrons. The zero-order chi connectivity index (χ0) is 13.5. The summed E-state index contributed by atoms with van der Waals surface area (Å²) < 4.78 is 21.6. The van der Waals surface area contributed by atoms with Gasteiger partial charge < -0.3 is 18.9 Å². The third-order valence-corrected chi connectivity index (χ3v) is 3.99. The number of rotatable bonds is 14. The van der Waals surface area contributed by atoms with Crippen molar-refractivity contribution >= 4 is 9.52 Å². The van der Waals surface area contributed by atoms with Crippen LogP contribution in [0.2, 0.25) is 6.04 Å². The third kappa shape index (κ3) is 12.1. The van der Waals surface area contributed by atoms with Crippen LogP contribution >= 0.6 is 0 Å². The molecule has 0 fully saturated rings. The Bertz CT molecular complexity index is 172. The molecule has 0 aliphatic rings. The van der Waals surface area contributed by atoms with E-state index in [0.29, 0.717) is 0 Å². The maximum atomic E-state index is 5.56. The van der Waals surface area contributed by atoms with Gasteiger partial charge in [-0.25, -0.2) is 0 Å². The predicted molar refractivity (Wildman–Crippen MR) is 76.6 cm³/mol. The van der Waals surface area contributed by atoms with Crippen LogP contribution in [0.4, 0.5) is 0 Å². The highest BCUT2D eigenvalue weighted by atomic mass is 28.2. The minimum Gasteiger partial charge on any atom is -0.502 e. The second-order valence-corrected chi connectivity index (χ2v) is 5.79. The lowest BCUT2D eigenvalue weighted by atomic mass is 10.3. The number of ether oxygens (including phenoxy) is 4. The topological polar surface area (TPSA) is 36.9 Å². The van der Waals surface area contributed by atoms with Crippen molar-refractivity contribution in [3.8, 4) is 0 Å². The van der Waals surface area contributed by atoms with Crippen LogP contribution < -0.4 is 0 Å². The average Bonchev–Trinajstić information content (AvgIpc) is 2.37. The molecule has 0 saturated heterocycles. The van der Waals surface area contributed by atoms with E-state index in [1.165, 1.54) is 6.26 Å². The summed E-state index contributed by atoms with van der Waals surface area (Å²) in [5, 5.41) is 0. The standard InChI is InChI=1S/C13H28O4Si/c1-4-14-9-7-8-10-15-11-12-18-13(16-5-2)17-6-3/h4,13H,1,5-12,18H2,2-3H3. The van der Waals surface area contributed by atoms with Crippen LogP contribution in [0, 0.1) is 0 Å². The molecule has 0 unspecified atom stereocenters. The summed E-state index contributed by atoms with van der Waals surface area (Å²) in [5.74, 6) is 0.0598. The first kappa shape index (κ1) is 17.6. The Balaban J connectivity index is 3.24. The molecule has 0 bridgehead atoms. The predicted octanol–water partition coefficient (Wildman–Crippen LogP) is 1.89. The molecule has 0 saturated carbocycles. The van der Waals surface area contributed by atoms with Crippen LogP contribution in [0.15, 0.2) is 12.8 Å². The van der Waals surface area contributed by atoms with Gasteiger partial charge in [0.1, 0.15) is 5.91 Å². The zero-order valence-corrected chi connectivity index (χ0v) is 13.3. The molecule has 0 spiro atoms. The lowest BCUT2D eigenvalue weighted by Gasteiger charge is -2.16. The van der Waals surface area contributed by atoms with Crippen molar-refractivity contribution in [2.45, 2.75) is 38.6 Å². The van der Waals surface area contributed by atoms with Gasteiger partial charge in [0.2, 0.25) is 0 Å². The van der Waals surface area contributed by atoms with E-state index < -0.39 is 0 Å². The van der Waals surface area contributed by atoms with Gasteiger partial charge in [-0.15, -0.1) is 0 Å². The van der Waals surface area contributed by atoms with Crippen molar-refractivity contribution < 1.29 is 18.9 Å². The lowest BCUT2D eigenvalue weighted by molar-refractivity contribution is -0.0830. The van der Waals surface area contributed by atoms with Gasteiger partial charge in [0, 0.05) is 26.4 Å². The molecule has 0 rings (SSSR count). The van der Waals surface area contributed by atoms with Crippen LogP contribution in [0.5, 0.6) is 0 Å². The SMILES string of the molecule is C=COCCCCOCC[SiH2]C(OCC)OCC. The minimum atomic E-state index is -0.352. The summed E-state index contributed by atoms with van der Waals surface area (Å²) in [6.07, 6.45) is 3.54. The molecule has 0 aromatic rings. The molecule has 0 aromatic carbocycles. The summed E-state index contributed by atoms with van der Waals surface area (Å²) in [5.41, 5.74) is 0. The Morgan fingerprint density at radius 1 is 1.06 bits per heavy atom. The molecule has 0 heterocycles. The first-order chi connectivity index (χ1) is 8.85. The quantitative estimate of drug-likeness (QED) is 0.210. The Hall–Kier alpha value is -0.363. The summed E-state index contributed by atoms with van der Waals surface area (Å²) in [6, 6.07) is 1.10. The van der Waals surface area contributed by atoms with Gasteiger partial charge in [0.15, 0.2) is 0 Å². The van der Waals surface area contributed by atoms with Crippen LogP contribution in [-0.2, 0) is 18.9 Å². The van der Waals surface area contributed by atoms with Crippen molar-refractivity contribution in [3.05, 3.63) is 12.8 Å². The Morgan fingerprint density at radius 3 is 2.33 bits per heavy atom. The molecule has 4 nitrogen and oxygen atoms in total. The van der Waals surface area contributed by atoms with Gasteiger partial charge in [-0.2, -0.15) is 0 Å². The van der Waals surface area contributed by atoms with Crippen molar-refractivity contribution in [2.24, 2.45) is 0 Å². The minimum absolute atomic E-state index is 0.0598. The zero-order valence-electron chi connectivity index (χ0n) is 11.9. The fraction of sp³-hybridized carbons (Fsp3) is 0.846. The van der Waals surface area contributed by atoms with E-state index in [9.17, 15) is 0 Å². The lowest BCUT2D eigenvalue weighted by Crippen LogP contribution is -2.25. The van der Waals surface area contributed by atoms with Gasteiger partial charge in [0.05, 0.1) is 22.4 Å². The van der Waals surface area contributed by atoms with Gasteiger partial charge in [0.25, 0.3) is 0 Å². The first-order valence-corrected chi connectivity index (χ1v) is 8.70. The number of unbranched alkanes of at least 4 members (excludes halogenated alkanes) is 1. The average molecular weight is 276 g/mol. The molecular weight excluding hydrogens is 248 g/mol. The van der Waals surface area contributed by atoms with E-state index in [4.69, 9.17) is 18.9 Å². The molecule has 0 atom stereocenters. The molecule has 18 heavy (non-hydrogen) atoms. The Labute approximate surface area is 113 Å². The molecule has 0 N–H and O–H groups in total. The van der Waals surface area contributed by atoms with Crippen molar-refractivity contribution in [2.75, 3.05) is 33.0 Å². The second kappa shape index (κ2) is 14.7. The van der Waals surface area contributed by atoms with Crippen molar-refractivity contribution in [3.63, 3.8) is 0 Å². The highest BCUT2D eigenvalue weighted by Crippen LogP contribution is 1.98. The van der Waals surface area contributed by atoms with Gasteiger partial charge in [-0.05, 0) is 32.7 Å². The maximum absolute atomic E-state index is 5.56. The van der Waals surface area contributed by atoms with E-state index >= 15 is 0 Å². The fourth-order valence-electron chi connectivity index (χ4n) is 1.51. The number of hydrogen-bond acceptors (Lipinski definition) is 4. The molecule has 0 radical (unpaired) electrons. The molecular formula is C13H28O4Si. The van der Waals surface area contributed by atoms with Gasteiger partial charge in [-0.1, -0.05) is 6.58 Å². The summed E-state index contributed by atoms with van der Waals surface area (Å²) in [4.78, 5) is 0. The van der Waals surface area contributed by atoms with E-state index in [2.05, 4.69) is 6.58 Å². The normalized spacial score (nSPS) is 11.5. The molecule has 0 aliphatic carbocycles. The first-order valence-electron chi connectivity index (χ1n) is 6.88. The summed E-state index contributed by atoms with van der Waals surface area (Å²) >= 11 is 0. The van der Waals surface area contributed by atoms with E-state index in [-0.39, 0.29) is 15.4 Å². The highest BCUT2D eigenvalue weighted by molar-refractivity contribution is 6.36. The fourth-order valence-corrected chi connectivity index (χ4v) is 3.02. The van der Waals surface area contributed by atoms with Gasteiger partial charge >= 0.3 is 0 Å². The molecule has 0 aliphatic heterocycles. The Morgan fingerprint density at radius 2 is 1.72 bits per heavy atom. The van der Waals surface area contributed by atoms with E-state index in [1.807, 2.05) is 13.8 Å². The summed E-state index contributed by atoms with van der Waals surface area (Å²) in [6.45, 7) is 11.3. The van der Waals surface area contributed by atoms with Crippen LogP contribution in [0.25, 0.3) is 0 Å². The molecule has 0 aromatic heterocycles. The van der Waals surface area contributed by atoms with Crippen molar-refractivity contribution in [1.82, 2.24) is 0 Å². The van der Waals surface area contributed by atoms with Crippen LogP contribution in [-0.4, -0.2) is 48.5 Å². The third-order valence-electron chi connectivity index (χ3n) is 2.35. The van der Waals surface area contributed by atoms with Crippen LogP contribution in [0.1, 0.15) is 26.7 Å². The number of hydrogen-bond donors (Lipinski definition) is 0. The second-order valence-electron chi connectivity index (χ2n) is 3.84. The Kier molecular flexibility index (Phi) is 14.4. The van der Waals surface area contributed by atoms with Gasteiger partial charge in [-0.3, -0.25) is 0 Å². The molecule has 0 amide bonds. The monoisotopic (exact) mass is 276 g/mol. The molecule has 5 heteroatoms. The van der Waals surface area contributed by atoms with Crippen LogP contribution in [0.3, 0.4) is 0 Å².